The van der Waals surface area contributed by atoms with Crippen molar-refractivity contribution in [2.24, 2.45) is 11.8 Å². The third-order valence-corrected chi connectivity index (χ3v) is 6.43. The maximum atomic E-state index is 5.41. The van der Waals surface area contributed by atoms with Crippen LogP contribution in [0.1, 0.15) is 27.2 Å². The van der Waals surface area contributed by atoms with Crippen LogP contribution >= 0.6 is 12.2 Å². The molecule has 2 fully saturated rings. The third kappa shape index (κ3) is 5.59. The van der Waals surface area contributed by atoms with Crippen LogP contribution in [0.2, 0.25) is 0 Å². The first-order valence-electron chi connectivity index (χ1n) is 11.8. The molecule has 0 bridgehead atoms. The Morgan fingerprint density at radius 2 is 1.53 bits per heavy atom. The molecular weight excluding hydrogens is 418 g/mol. The molecule has 32 heavy (non-hydrogen) atoms. The molecule has 2 aromatic rings. The quantitative estimate of drug-likeness (QED) is 0.666. The Balaban J connectivity index is 1.54. The average molecular weight is 454 g/mol. The summed E-state index contributed by atoms with van der Waals surface area (Å²) in [5, 5.41) is 6.89. The molecule has 1 aromatic heterocycles. The lowest BCUT2D eigenvalue weighted by molar-refractivity contribution is 0.355. The molecule has 0 aliphatic carbocycles. The Morgan fingerprint density at radius 3 is 2.16 bits per heavy atom. The largest absolute Gasteiger partial charge is 0.368 e. The number of thiocarbonyl (C=S) groups is 1. The summed E-state index contributed by atoms with van der Waals surface area (Å²) in [6.45, 7) is 13.3. The van der Waals surface area contributed by atoms with Crippen LogP contribution in [-0.4, -0.2) is 60.9 Å². The van der Waals surface area contributed by atoms with Crippen LogP contribution in [0.5, 0.6) is 0 Å². The number of hydrogen-bond acceptors (Lipinski definition) is 6. The molecule has 0 spiro atoms. The maximum absolute atomic E-state index is 5.41. The minimum atomic E-state index is 0.560. The number of anilines is 4. The number of nitrogens with one attached hydrogen (secondary N) is 2. The van der Waals surface area contributed by atoms with Gasteiger partial charge in [-0.3, -0.25) is 0 Å². The molecule has 1 aromatic carbocycles. The fourth-order valence-corrected chi connectivity index (χ4v) is 5.03. The van der Waals surface area contributed by atoms with Gasteiger partial charge in [-0.25, -0.2) is 0 Å². The fraction of sp³-hybridized carbons (Fsp3) is 0.542. The zero-order chi connectivity index (χ0) is 22.5. The Hall–Kier alpha value is -2.61. The molecule has 2 saturated heterocycles. The number of hydrogen-bond donors (Lipinski definition) is 2. The number of benzene rings is 1. The summed E-state index contributed by atoms with van der Waals surface area (Å²) >= 11 is 5.41. The molecule has 0 unspecified atom stereocenters. The van der Waals surface area contributed by atoms with Crippen molar-refractivity contribution in [2.75, 3.05) is 65.8 Å². The molecule has 172 valence electrons. The van der Waals surface area contributed by atoms with Gasteiger partial charge in [0.1, 0.15) is 11.6 Å². The van der Waals surface area contributed by atoms with Crippen molar-refractivity contribution in [3.63, 3.8) is 0 Å². The molecule has 3 heterocycles. The van der Waals surface area contributed by atoms with Gasteiger partial charge >= 0.3 is 0 Å². The van der Waals surface area contributed by atoms with Gasteiger partial charge in [0.25, 0.3) is 0 Å². The third-order valence-electron chi connectivity index (χ3n) is 6.18. The number of piperidine rings is 1. The number of para-hydroxylation sites is 1. The summed E-state index contributed by atoms with van der Waals surface area (Å²) in [6.07, 6.45) is 1.27. The van der Waals surface area contributed by atoms with E-state index in [0.717, 1.165) is 57.4 Å². The van der Waals surface area contributed by atoms with Gasteiger partial charge in [-0.2, -0.15) is 9.97 Å². The predicted octanol–water partition coefficient (Wildman–Crippen LogP) is 3.59. The van der Waals surface area contributed by atoms with Gasteiger partial charge < -0.3 is 25.3 Å². The van der Waals surface area contributed by atoms with Crippen LogP contribution in [-0.2, 0) is 0 Å². The normalized spacial score (nSPS) is 21.4. The zero-order valence-electron chi connectivity index (χ0n) is 19.4. The first-order valence-corrected chi connectivity index (χ1v) is 12.2. The van der Waals surface area contributed by atoms with Crippen molar-refractivity contribution in [3.8, 4) is 0 Å². The van der Waals surface area contributed by atoms with Crippen molar-refractivity contribution in [2.45, 2.75) is 27.2 Å². The maximum Gasteiger partial charge on any atom is 0.232 e. The molecule has 8 heteroatoms. The Morgan fingerprint density at radius 1 is 0.938 bits per heavy atom. The summed E-state index contributed by atoms with van der Waals surface area (Å²) in [5.74, 6) is 3.84. The van der Waals surface area contributed by atoms with Gasteiger partial charge in [0, 0.05) is 57.6 Å². The minimum Gasteiger partial charge on any atom is -0.368 e. The van der Waals surface area contributed by atoms with E-state index in [9.17, 15) is 0 Å². The van der Waals surface area contributed by atoms with E-state index in [1.54, 1.807) is 0 Å². The standard InChI is InChI=1S/C24H35N7S/c1-4-25-24(32)28-23-26-21(15-22(27-23)31-16-18(2)14-19(3)17-31)30-12-10-29(11-13-30)20-8-6-5-7-9-20/h5-9,15,18-19H,4,10-14,16-17H2,1-3H3,(H2,25,26,27,28,32)/t18-,19-/m1/s1. The van der Waals surface area contributed by atoms with Gasteiger partial charge in [-0.1, -0.05) is 32.0 Å². The fourth-order valence-electron chi connectivity index (χ4n) is 4.79. The van der Waals surface area contributed by atoms with Gasteiger partial charge in [-0.15, -0.1) is 0 Å². The first kappa shape index (κ1) is 22.6. The van der Waals surface area contributed by atoms with Crippen LogP contribution in [0.3, 0.4) is 0 Å². The second-order valence-electron chi connectivity index (χ2n) is 9.05. The van der Waals surface area contributed by atoms with Gasteiger partial charge in [0.2, 0.25) is 5.95 Å². The Kier molecular flexibility index (Phi) is 7.29. The highest BCUT2D eigenvalue weighted by Crippen LogP contribution is 2.29. The highest BCUT2D eigenvalue weighted by molar-refractivity contribution is 7.80. The second-order valence-corrected chi connectivity index (χ2v) is 9.46. The summed E-state index contributed by atoms with van der Waals surface area (Å²) in [7, 11) is 0. The molecule has 0 radical (unpaired) electrons. The molecule has 0 amide bonds. The van der Waals surface area contributed by atoms with Crippen LogP contribution in [0.25, 0.3) is 0 Å². The van der Waals surface area contributed by atoms with E-state index in [-0.39, 0.29) is 0 Å². The van der Waals surface area contributed by atoms with E-state index in [1.165, 1.54) is 12.1 Å². The summed E-state index contributed by atoms with van der Waals surface area (Å²) in [4.78, 5) is 16.9. The van der Waals surface area contributed by atoms with Crippen molar-refractivity contribution in [3.05, 3.63) is 36.4 Å². The van der Waals surface area contributed by atoms with E-state index in [4.69, 9.17) is 22.2 Å². The smallest absolute Gasteiger partial charge is 0.232 e. The lowest BCUT2D eigenvalue weighted by atomic mass is 9.92. The van der Waals surface area contributed by atoms with Gasteiger partial charge in [0.15, 0.2) is 5.11 Å². The SMILES string of the molecule is CCNC(=S)Nc1nc(N2CCN(c3ccccc3)CC2)cc(N2C[C@H](C)C[C@@H](C)C2)n1. The molecule has 4 rings (SSSR count). The summed E-state index contributed by atoms with van der Waals surface area (Å²) in [6, 6.07) is 12.8. The molecule has 0 saturated carbocycles. The van der Waals surface area contributed by atoms with Gasteiger partial charge in [-0.05, 0) is 49.5 Å². The topological polar surface area (TPSA) is 59.6 Å². The van der Waals surface area contributed by atoms with E-state index in [2.05, 4.69) is 75.6 Å². The van der Waals surface area contributed by atoms with E-state index in [1.807, 2.05) is 6.92 Å². The highest BCUT2D eigenvalue weighted by atomic mass is 32.1. The number of aromatic nitrogens is 2. The van der Waals surface area contributed by atoms with E-state index < -0.39 is 0 Å². The number of rotatable bonds is 5. The predicted molar refractivity (Wildman–Crippen MR) is 138 cm³/mol. The van der Waals surface area contributed by atoms with Gasteiger partial charge in [0.05, 0.1) is 0 Å². The minimum absolute atomic E-state index is 0.560. The number of piperazine rings is 1. The Labute approximate surface area is 197 Å². The molecule has 2 aliphatic heterocycles. The first-order chi connectivity index (χ1) is 15.5. The highest BCUT2D eigenvalue weighted by Gasteiger charge is 2.25. The second kappa shape index (κ2) is 10.3. The molecule has 7 nitrogen and oxygen atoms in total. The number of nitrogens with zero attached hydrogens (tertiary/aromatic N) is 5. The lowest BCUT2D eigenvalue weighted by Crippen LogP contribution is -2.47. The van der Waals surface area contributed by atoms with Crippen LogP contribution < -0.4 is 25.3 Å². The van der Waals surface area contributed by atoms with Crippen molar-refractivity contribution in [1.82, 2.24) is 15.3 Å². The average Bonchev–Trinajstić information content (AvgIpc) is 2.79. The zero-order valence-corrected chi connectivity index (χ0v) is 20.2. The van der Waals surface area contributed by atoms with Crippen LogP contribution in [0.15, 0.2) is 36.4 Å². The van der Waals surface area contributed by atoms with Crippen molar-refractivity contribution < 1.29 is 0 Å². The van der Waals surface area contributed by atoms with Crippen molar-refractivity contribution in [1.29, 1.82) is 0 Å². The molecule has 2 atom stereocenters. The lowest BCUT2D eigenvalue weighted by Gasteiger charge is -2.38. The van der Waals surface area contributed by atoms with Crippen LogP contribution in [0.4, 0.5) is 23.3 Å². The van der Waals surface area contributed by atoms with Crippen molar-refractivity contribution >= 4 is 40.6 Å². The summed E-state index contributed by atoms with van der Waals surface area (Å²) < 4.78 is 0. The van der Waals surface area contributed by atoms with E-state index in [0.29, 0.717) is 22.9 Å². The van der Waals surface area contributed by atoms with E-state index >= 15 is 0 Å². The van der Waals surface area contributed by atoms with Crippen LogP contribution in [0, 0.1) is 11.8 Å². The Bertz CT molecular complexity index is 888. The monoisotopic (exact) mass is 453 g/mol. The molecule has 2 N–H and O–H groups in total. The molecular formula is C24H35N7S. The summed E-state index contributed by atoms with van der Waals surface area (Å²) in [5.41, 5.74) is 1.28. The molecule has 2 aliphatic rings.